The molecule has 2 aromatic carbocycles. The van der Waals surface area contributed by atoms with E-state index in [1.54, 1.807) is 10.9 Å². The highest BCUT2D eigenvalue weighted by Crippen LogP contribution is 2.23. The molecule has 0 aliphatic carbocycles. The van der Waals surface area contributed by atoms with Crippen LogP contribution in [0.3, 0.4) is 0 Å². The monoisotopic (exact) mass is 484 g/mol. The third kappa shape index (κ3) is 5.17. The Bertz CT molecular complexity index is 1430. The van der Waals surface area contributed by atoms with Crippen LogP contribution in [-0.4, -0.2) is 31.7 Å². The van der Waals surface area contributed by atoms with Crippen LogP contribution in [-0.2, 0) is 11.2 Å². The normalized spacial score (nSPS) is 10.7. The van der Waals surface area contributed by atoms with E-state index in [2.05, 4.69) is 26.1 Å². The van der Waals surface area contributed by atoms with Crippen molar-refractivity contribution >= 4 is 23.2 Å². The van der Waals surface area contributed by atoms with Gasteiger partial charge in [-0.2, -0.15) is 21.4 Å². The van der Waals surface area contributed by atoms with Crippen LogP contribution in [0.1, 0.15) is 22.7 Å². The number of rotatable bonds is 7. The highest BCUT2D eigenvalue weighted by atomic mass is 32.1. The van der Waals surface area contributed by atoms with Crippen LogP contribution in [0.4, 0.5) is 0 Å². The number of hydrogen-bond acceptors (Lipinski definition) is 7. The number of para-hydroxylation sites is 1. The maximum absolute atomic E-state index is 13.0. The van der Waals surface area contributed by atoms with Crippen LogP contribution in [0, 0.1) is 0 Å². The second-order valence-corrected chi connectivity index (χ2v) is 8.34. The zero-order chi connectivity index (χ0) is 24.0. The Morgan fingerprint density at radius 2 is 1.71 bits per heavy atom. The summed E-state index contributed by atoms with van der Waals surface area (Å²) in [7, 11) is 0. The van der Waals surface area contributed by atoms with Gasteiger partial charge in [-0.05, 0) is 23.6 Å². The van der Waals surface area contributed by atoms with Crippen molar-refractivity contribution in [2.75, 3.05) is 0 Å². The van der Waals surface area contributed by atoms with E-state index in [4.69, 9.17) is 4.52 Å². The molecule has 3 heterocycles. The number of thiophene rings is 1. The summed E-state index contributed by atoms with van der Waals surface area (Å²) in [6, 6.07) is 20.8. The van der Waals surface area contributed by atoms with Gasteiger partial charge in [0.1, 0.15) is 5.69 Å². The van der Waals surface area contributed by atoms with Gasteiger partial charge in [-0.3, -0.25) is 20.4 Å². The van der Waals surface area contributed by atoms with E-state index in [0.717, 1.165) is 16.8 Å². The van der Waals surface area contributed by atoms with Gasteiger partial charge in [-0.1, -0.05) is 53.7 Å². The van der Waals surface area contributed by atoms with Gasteiger partial charge in [0.05, 0.1) is 11.3 Å². The van der Waals surface area contributed by atoms with Gasteiger partial charge >= 0.3 is 0 Å². The fraction of sp³-hybridized carbons (Fsp3) is 0.0800. The Morgan fingerprint density at radius 3 is 2.46 bits per heavy atom. The molecule has 0 unspecified atom stereocenters. The third-order valence-electron chi connectivity index (χ3n) is 5.16. The molecule has 5 rings (SSSR count). The molecule has 2 N–H and O–H groups in total. The topological polar surface area (TPSA) is 115 Å². The van der Waals surface area contributed by atoms with Gasteiger partial charge in [-0.25, -0.2) is 4.68 Å². The van der Waals surface area contributed by atoms with Gasteiger partial charge in [0, 0.05) is 35.5 Å². The van der Waals surface area contributed by atoms with Crippen molar-refractivity contribution in [3.8, 4) is 28.3 Å². The van der Waals surface area contributed by atoms with E-state index < -0.39 is 5.91 Å². The van der Waals surface area contributed by atoms with Gasteiger partial charge in [-0.15, -0.1) is 0 Å². The Kier molecular flexibility index (Phi) is 6.44. The van der Waals surface area contributed by atoms with Gasteiger partial charge in [0.15, 0.2) is 0 Å². The maximum atomic E-state index is 13.0. The molecule has 3 aromatic heterocycles. The Balaban J connectivity index is 1.24. The molecule has 0 aliphatic heterocycles. The van der Waals surface area contributed by atoms with Crippen molar-refractivity contribution in [3.63, 3.8) is 0 Å². The van der Waals surface area contributed by atoms with Crippen LogP contribution < -0.4 is 10.9 Å². The first kappa shape index (κ1) is 22.2. The fourth-order valence-corrected chi connectivity index (χ4v) is 4.04. The number of nitrogens with one attached hydrogen (secondary N) is 2. The minimum atomic E-state index is -0.475. The summed E-state index contributed by atoms with van der Waals surface area (Å²) in [5, 5.41) is 12.4. The molecule has 0 saturated heterocycles. The van der Waals surface area contributed by atoms with Crippen molar-refractivity contribution in [2.24, 2.45) is 0 Å². The summed E-state index contributed by atoms with van der Waals surface area (Å²) in [4.78, 5) is 29.6. The quantitative estimate of drug-likeness (QED) is 0.337. The molecule has 0 saturated carbocycles. The summed E-state index contributed by atoms with van der Waals surface area (Å²) >= 11 is 1.54. The average Bonchev–Trinajstić information content (AvgIpc) is 3.67. The molecule has 174 valence electrons. The lowest BCUT2D eigenvalue weighted by Crippen LogP contribution is -2.41. The minimum Gasteiger partial charge on any atom is -0.339 e. The van der Waals surface area contributed by atoms with Crippen LogP contribution in [0.15, 0.2) is 88.2 Å². The predicted octanol–water partition coefficient (Wildman–Crippen LogP) is 4.04. The smallest absolute Gasteiger partial charge is 0.273 e. The molecule has 0 bridgehead atoms. The van der Waals surface area contributed by atoms with Crippen molar-refractivity contribution in [1.29, 1.82) is 0 Å². The lowest BCUT2D eigenvalue weighted by molar-refractivity contribution is -0.121. The zero-order valence-electron chi connectivity index (χ0n) is 18.4. The molecule has 0 atom stereocenters. The highest BCUT2D eigenvalue weighted by Gasteiger charge is 2.19. The van der Waals surface area contributed by atoms with E-state index in [-0.39, 0.29) is 18.7 Å². The number of carbonyl (C=O) groups excluding carboxylic acids is 2. The van der Waals surface area contributed by atoms with Crippen LogP contribution >= 0.6 is 11.3 Å². The molecule has 9 nitrogen and oxygen atoms in total. The number of hydrazine groups is 1. The molecule has 0 spiro atoms. The molecule has 35 heavy (non-hydrogen) atoms. The van der Waals surface area contributed by atoms with Crippen molar-refractivity contribution in [1.82, 2.24) is 30.8 Å². The van der Waals surface area contributed by atoms with Crippen LogP contribution in [0.25, 0.3) is 28.3 Å². The fourth-order valence-electron chi connectivity index (χ4n) is 3.40. The number of aryl methyl sites for hydroxylation is 1. The lowest BCUT2D eigenvalue weighted by Gasteiger charge is -2.07. The first-order valence-corrected chi connectivity index (χ1v) is 11.8. The van der Waals surface area contributed by atoms with Crippen LogP contribution in [0.2, 0.25) is 0 Å². The first-order valence-electron chi connectivity index (χ1n) is 10.8. The minimum absolute atomic E-state index is 0.0698. The van der Waals surface area contributed by atoms with E-state index in [0.29, 0.717) is 23.0 Å². The molecule has 0 radical (unpaired) electrons. The number of amides is 2. The van der Waals surface area contributed by atoms with Crippen LogP contribution in [0.5, 0.6) is 0 Å². The van der Waals surface area contributed by atoms with Gasteiger partial charge < -0.3 is 4.52 Å². The number of aromatic nitrogens is 4. The largest absolute Gasteiger partial charge is 0.339 e. The van der Waals surface area contributed by atoms with E-state index >= 15 is 0 Å². The Labute approximate surface area is 204 Å². The van der Waals surface area contributed by atoms with Crippen molar-refractivity contribution in [2.45, 2.75) is 12.8 Å². The molecule has 10 heteroatoms. The summed E-state index contributed by atoms with van der Waals surface area (Å²) in [5.41, 5.74) is 8.24. The van der Waals surface area contributed by atoms with Gasteiger partial charge in [0.25, 0.3) is 5.91 Å². The standard InChI is InChI=1S/C25H20N6O3S/c32-21(11-12-22-26-24(30-34-22)18-13-14-35-16-18)27-28-25(33)20-15-31(19-9-5-2-6-10-19)29-23(20)17-7-3-1-4-8-17/h1-10,13-16H,11-12H2,(H,27,32)(H,28,33). The van der Waals surface area contributed by atoms with E-state index in [9.17, 15) is 9.59 Å². The number of carbonyl (C=O) groups is 2. The summed E-state index contributed by atoms with van der Waals surface area (Å²) in [5.74, 6) is -0.0238. The molecule has 0 fully saturated rings. The second-order valence-electron chi connectivity index (χ2n) is 7.56. The summed E-state index contributed by atoms with van der Waals surface area (Å²) < 4.78 is 6.85. The molecular formula is C25H20N6O3S. The highest BCUT2D eigenvalue weighted by molar-refractivity contribution is 7.08. The predicted molar refractivity (Wildman–Crippen MR) is 131 cm³/mol. The van der Waals surface area contributed by atoms with Crippen molar-refractivity contribution < 1.29 is 14.1 Å². The van der Waals surface area contributed by atoms with E-state index in [1.165, 1.54) is 11.3 Å². The second kappa shape index (κ2) is 10.1. The first-order chi connectivity index (χ1) is 17.2. The summed E-state index contributed by atoms with van der Waals surface area (Å²) in [6.45, 7) is 0. The molecule has 0 aliphatic rings. The number of nitrogens with zero attached hydrogens (tertiary/aromatic N) is 4. The van der Waals surface area contributed by atoms with Crippen molar-refractivity contribution in [3.05, 3.63) is 95.1 Å². The molecular weight excluding hydrogens is 464 g/mol. The maximum Gasteiger partial charge on any atom is 0.273 e. The SMILES string of the molecule is O=C(CCc1nc(-c2ccsc2)no1)NNC(=O)c1cn(-c2ccccc2)nc1-c1ccccc1. The number of hydrogen-bond donors (Lipinski definition) is 2. The Morgan fingerprint density at radius 1 is 0.943 bits per heavy atom. The third-order valence-corrected chi connectivity index (χ3v) is 5.84. The molecule has 2 amide bonds. The molecule has 5 aromatic rings. The van der Waals surface area contributed by atoms with Gasteiger partial charge in [0.2, 0.25) is 17.6 Å². The van der Waals surface area contributed by atoms with E-state index in [1.807, 2.05) is 77.5 Å². The number of benzene rings is 2. The summed E-state index contributed by atoms with van der Waals surface area (Å²) in [6.07, 6.45) is 1.96. The Hall–Kier alpha value is -4.57. The zero-order valence-corrected chi connectivity index (χ0v) is 19.2. The lowest BCUT2D eigenvalue weighted by atomic mass is 10.1. The average molecular weight is 485 g/mol.